The lowest BCUT2D eigenvalue weighted by atomic mass is 9.99. The van der Waals surface area contributed by atoms with Gasteiger partial charge >= 0.3 is 0 Å². The molecule has 0 bridgehead atoms. The minimum absolute atomic E-state index is 0.174. The van der Waals surface area contributed by atoms with Crippen molar-refractivity contribution in [3.05, 3.63) is 68.9 Å². The Morgan fingerprint density at radius 2 is 2.00 bits per heavy atom. The highest BCUT2D eigenvalue weighted by Crippen LogP contribution is 2.28. The van der Waals surface area contributed by atoms with E-state index in [1.165, 1.54) is 12.1 Å². The Morgan fingerprint density at radius 3 is 2.68 bits per heavy atom. The standard InChI is InChI=1S/C14H13BrClFN2/c15-12-6-5-10(17)7-9(12)8-14(19-18)11-3-1-2-4-13(11)16/h1-7,14,19H,8,18H2. The van der Waals surface area contributed by atoms with Crippen LogP contribution in [0, 0.1) is 5.82 Å². The first kappa shape index (κ1) is 14.5. The van der Waals surface area contributed by atoms with Gasteiger partial charge in [-0.15, -0.1) is 0 Å². The zero-order valence-electron chi connectivity index (χ0n) is 10.0. The fraction of sp³-hybridized carbons (Fsp3) is 0.143. The summed E-state index contributed by atoms with van der Waals surface area (Å²) in [7, 11) is 0. The van der Waals surface area contributed by atoms with Crippen LogP contribution in [0.2, 0.25) is 5.02 Å². The van der Waals surface area contributed by atoms with E-state index >= 15 is 0 Å². The summed E-state index contributed by atoms with van der Waals surface area (Å²) < 4.78 is 14.1. The first-order valence-corrected chi connectivity index (χ1v) is 6.93. The molecule has 0 amide bonds. The average Bonchev–Trinajstić information content (AvgIpc) is 2.41. The summed E-state index contributed by atoms with van der Waals surface area (Å²) in [6.45, 7) is 0. The Labute approximate surface area is 124 Å². The molecule has 0 saturated heterocycles. The number of rotatable bonds is 4. The molecule has 5 heteroatoms. The second-order valence-electron chi connectivity index (χ2n) is 4.18. The van der Waals surface area contributed by atoms with Crippen LogP contribution in [0.4, 0.5) is 4.39 Å². The Morgan fingerprint density at radius 1 is 1.26 bits per heavy atom. The van der Waals surface area contributed by atoms with E-state index in [9.17, 15) is 4.39 Å². The predicted octanol–water partition coefficient (Wildman–Crippen LogP) is 3.99. The summed E-state index contributed by atoms with van der Waals surface area (Å²) in [6.07, 6.45) is 0.540. The number of halogens is 3. The van der Waals surface area contributed by atoms with Crippen molar-refractivity contribution in [1.82, 2.24) is 5.43 Å². The van der Waals surface area contributed by atoms with Crippen LogP contribution >= 0.6 is 27.5 Å². The lowest BCUT2D eigenvalue weighted by Crippen LogP contribution is -2.29. The third-order valence-electron chi connectivity index (χ3n) is 2.91. The fourth-order valence-corrected chi connectivity index (χ4v) is 2.61. The Balaban J connectivity index is 2.29. The molecule has 0 spiro atoms. The molecule has 1 unspecified atom stereocenters. The quantitative estimate of drug-likeness (QED) is 0.651. The maximum absolute atomic E-state index is 13.3. The summed E-state index contributed by atoms with van der Waals surface area (Å²) in [6, 6.07) is 11.9. The van der Waals surface area contributed by atoms with E-state index in [1.54, 1.807) is 6.07 Å². The highest BCUT2D eigenvalue weighted by molar-refractivity contribution is 9.10. The van der Waals surface area contributed by atoms with Gasteiger partial charge in [-0.3, -0.25) is 11.3 Å². The molecule has 0 heterocycles. The summed E-state index contributed by atoms with van der Waals surface area (Å²) in [4.78, 5) is 0. The number of nitrogens with two attached hydrogens (primary N) is 1. The van der Waals surface area contributed by atoms with Gasteiger partial charge in [-0.2, -0.15) is 0 Å². The maximum atomic E-state index is 13.3. The van der Waals surface area contributed by atoms with Crippen LogP contribution in [0.15, 0.2) is 46.9 Å². The molecule has 2 rings (SSSR count). The normalized spacial score (nSPS) is 12.4. The monoisotopic (exact) mass is 342 g/mol. The minimum atomic E-state index is -0.270. The first-order valence-electron chi connectivity index (χ1n) is 5.76. The fourth-order valence-electron chi connectivity index (χ4n) is 1.94. The van der Waals surface area contributed by atoms with Crippen LogP contribution < -0.4 is 11.3 Å². The van der Waals surface area contributed by atoms with Crippen LogP contribution in [0.5, 0.6) is 0 Å². The molecule has 3 N–H and O–H groups in total. The second kappa shape index (κ2) is 6.48. The minimum Gasteiger partial charge on any atom is -0.271 e. The summed E-state index contributed by atoms with van der Waals surface area (Å²) in [5, 5.41) is 0.637. The molecule has 2 nitrogen and oxygen atoms in total. The van der Waals surface area contributed by atoms with E-state index in [1.807, 2.05) is 24.3 Å². The number of hydrogen-bond donors (Lipinski definition) is 2. The highest BCUT2D eigenvalue weighted by atomic mass is 79.9. The molecule has 0 fully saturated rings. The van der Waals surface area contributed by atoms with Crippen molar-refractivity contribution in [3.63, 3.8) is 0 Å². The number of nitrogens with one attached hydrogen (secondary N) is 1. The van der Waals surface area contributed by atoms with Gasteiger partial charge in [0, 0.05) is 9.50 Å². The zero-order chi connectivity index (χ0) is 13.8. The summed E-state index contributed by atoms with van der Waals surface area (Å²) in [5.74, 6) is 5.32. The van der Waals surface area contributed by atoms with E-state index in [0.717, 1.165) is 15.6 Å². The molecule has 100 valence electrons. The van der Waals surface area contributed by atoms with E-state index < -0.39 is 0 Å². The molecule has 0 aliphatic carbocycles. The molecular weight excluding hydrogens is 331 g/mol. The van der Waals surface area contributed by atoms with Gasteiger partial charge in [0.2, 0.25) is 0 Å². The summed E-state index contributed by atoms with van der Waals surface area (Å²) in [5.41, 5.74) is 4.45. The Bertz CT molecular complexity index is 577. The SMILES string of the molecule is NNC(Cc1cc(F)ccc1Br)c1ccccc1Cl. The predicted molar refractivity (Wildman–Crippen MR) is 79.3 cm³/mol. The van der Waals surface area contributed by atoms with Gasteiger partial charge in [0.15, 0.2) is 0 Å². The van der Waals surface area contributed by atoms with Crippen LogP contribution in [0.1, 0.15) is 17.2 Å². The van der Waals surface area contributed by atoms with Crippen molar-refractivity contribution in [3.8, 4) is 0 Å². The third kappa shape index (κ3) is 3.54. The molecule has 0 aromatic heterocycles. The Kier molecular flexibility index (Phi) is 4.93. The average molecular weight is 344 g/mol. The van der Waals surface area contributed by atoms with Crippen molar-refractivity contribution in [2.75, 3.05) is 0 Å². The van der Waals surface area contributed by atoms with Gasteiger partial charge in [0.05, 0.1) is 6.04 Å². The van der Waals surface area contributed by atoms with Gasteiger partial charge < -0.3 is 0 Å². The van der Waals surface area contributed by atoms with Crippen molar-refractivity contribution in [2.24, 2.45) is 5.84 Å². The van der Waals surface area contributed by atoms with Gasteiger partial charge in [-0.05, 0) is 41.8 Å². The number of hydrazine groups is 1. The molecule has 0 aliphatic rings. The van der Waals surface area contributed by atoms with E-state index in [2.05, 4.69) is 21.4 Å². The van der Waals surface area contributed by atoms with Crippen molar-refractivity contribution in [1.29, 1.82) is 0 Å². The largest absolute Gasteiger partial charge is 0.271 e. The highest BCUT2D eigenvalue weighted by Gasteiger charge is 2.15. The number of hydrogen-bond acceptors (Lipinski definition) is 2. The lowest BCUT2D eigenvalue weighted by molar-refractivity contribution is 0.548. The van der Waals surface area contributed by atoms with Crippen molar-refractivity contribution < 1.29 is 4.39 Å². The molecule has 0 saturated carbocycles. The molecule has 0 radical (unpaired) electrons. The molecule has 1 atom stereocenters. The third-order valence-corrected chi connectivity index (χ3v) is 4.03. The topological polar surface area (TPSA) is 38.0 Å². The van der Waals surface area contributed by atoms with E-state index in [-0.39, 0.29) is 11.9 Å². The van der Waals surface area contributed by atoms with Gasteiger partial charge in [-0.1, -0.05) is 45.7 Å². The number of benzene rings is 2. The molecule has 2 aromatic rings. The molecule has 19 heavy (non-hydrogen) atoms. The first-order chi connectivity index (χ1) is 9.11. The Hall–Kier alpha value is -0.940. The van der Waals surface area contributed by atoms with Crippen LogP contribution in [-0.4, -0.2) is 0 Å². The lowest BCUT2D eigenvalue weighted by Gasteiger charge is -2.18. The molecule has 0 aliphatic heterocycles. The van der Waals surface area contributed by atoms with E-state index in [4.69, 9.17) is 17.4 Å². The van der Waals surface area contributed by atoms with Gasteiger partial charge in [-0.25, -0.2) is 4.39 Å². The summed E-state index contributed by atoms with van der Waals surface area (Å²) >= 11 is 9.56. The maximum Gasteiger partial charge on any atom is 0.123 e. The second-order valence-corrected chi connectivity index (χ2v) is 5.44. The van der Waals surface area contributed by atoms with Crippen LogP contribution in [0.25, 0.3) is 0 Å². The van der Waals surface area contributed by atoms with Crippen LogP contribution in [-0.2, 0) is 6.42 Å². The smallest absolute Gasteiger partial charge is 0.123 e. The van der Waals surface area contributed by atoms with Crippen molar-refractivity contribution >= 4 is 27.5 Å². The van der Waals surface area contributed by atoms with Gasteiger partial charge in [0.25, 0.3) is 0 Å². The van der Waals surface area contributed by atoms with Crippen molar-refractivity contribution in [2.45, 2.75) is 12.5 Å². The zero-order valence-corrected chi connectivity index (χ0v) is 12.4. The van der Waals surface area contributed by atoms with Crippen LogP contribution in [0.3, 0.4) is 0 Å². The molecule has 2 aromatic carbocycles. The van der Waals surface area contributed by atoms with Gasteiger partial charge in [0.1, 0.15) is 5.82 Å². The molecular formula is C14H13BrClFN2. The van der Waals surface area contributed by atoms with E-state index in [0.29, 0.717) is 11.4 Å².